The van der Waals surface area contributed by atoms with Crippen molar-refractivity contribution in [2.75, 3.05) is 33.2 Å². The van der Waals surface area contributed by atoms with Gasteiger partial charge in [-0.25, -0.2) is 0 Å². The van der Waals surface area contributed by atoms with Crippen molar-refractivity contribution in [2.24, 2.45) is 11.8 Å². The molecule has 3 heteroatoms. The van der Waals surface area contributed by atoms with Gasteiger partial charge in [-0.05, 0) is 49.8 Å². The van der Waals surface area contributed by atoms with E-state index in [0.29, 0.717) is 0 Å². The summed E-state index contributed by atoms with van der Waals surface area (Å²) < 4.78 is 0. The van der Waals surface area contributed by atoms with Gasteiger partial charge in [-0.2, -0.15) is 0 Å². The summed E-state index contributed by atoms with van der Waals surface area (Å²) in [4.78, 5) is 3.94. The van der Waals surface area contributed by atoms with Crippen LogP contribution in [0.3, 0.4) is 0 Å². The molecule has 0 saturated carbocycles. The summed E-state index contributed by atoms with van der Waals surface area (Å²) in [5.74, 6) is 1.46. The van der Waals surface area contributed by atoms with E-state index in [1.54, 1.807) is 0 Å². The van der Waals surface area contributed by atoms with Gasteiger partial charge in [0, 0.05) is 18.0 Å². The molecule has 0 saturated heterocycles. The van der Waals surface area contributed by atoms with Gasteiger partial charge in [-0.3, -0.25) is 0 Å². The number of hydrogen-bond donors (Lipinski definition) is 1. The maximum absolute atomic E-state index is 3.54. The molecular formula is C15H28N2S. The van der Waals surface area contributed by atoms with E-state index in [1.165, 1.54) is 17.8 Å². The summed E-state index contributed by atoms with van der Waals surface area (Å²) in [6.07, 6.45) is 1.18. The van der Waals surface area contributed by atoms with Crippen molar-refractivity contribution in [3.8, 4) is 0 Å². The molecule has 0 spiro atoms. The van der Waals surface area contributed by atoms with Gasteiger partial charge in [0.2, 0.25) is 0 Å². The maximum Gasteiger partial charge on any atom is 0.00579 e. The number of thiophene rings is 1. The lowest BCUT2D eigenvalue weighted by Gasteiger charge is -2.21. The second-order valence-electron chi connectivity index (χ2n) is 5.75. The van der Waals surface area contributed by atoms with Gasteiger partial charge in [-0.1, -0.05) is 26.8 Å². The lowest BCUT2D eigenvalue weighted by molar-refractivity contribution is 0.283. The van der Waals surface area contributed by atoms with Gasteiger partial charge in [-0.15, -0.1) is 11.3 Å². The lowest BCUT2D eigenvalue weighted by Crippen LogP contribution is -2.33. The van der Waals surface area contributed by atoms with Crippen molar-refractivity contribution >= 4 is 11.3 Å². The number of nitrogens with zero attached hydrogens (tertiary/aromatic N) is 1. The minimum Gasteiger partial charge on any atom is -0.316 e. The second-order valence-corrected chi connectivity index (χ2v) is 6.78. The fourth-order valence-electron chi connectivity index (χ4n) is 2.06. The molecule has 1 aromatic rings. The van der Waals surface area contributed by atoms with Crippen LogP contribution in [0.2, 0.25) is 0 Å². The fraction of sp³-hybridized carbons (Fsp3) is 0.733. The summed E-state index contributed by atoms with van der Waals surface area (Å²) in [5.41, 5.74) is 0. The summed E-state index contributed by atoms with van der Waals surface area (Å²) in [5, 5.41) is 5.70. The highest BCUT2D eigenvalue weighted by molar-refractivity contribution is 7.09. The second kappa shape index (κ2) is 8.68. The van der Waals surface area contributed by atoms with Crippen LogP contribution in [0.5, 0.6) is 0 Å². The molecule has 0 fully saturated rings. The van der Waals surface area contributed by atoms with Crippen LogP contribution >= 0.6 is 11.3 Å². The number of nitrogens with one attached hydrogen (secondary N) is 1. The largest absolute Gasteiger partial charge is 0.316 e. The molecule has 0 aliphatic rings. The number of likely N-dealkylation sites (N-methyl/N-ethyl adjacent to an activating group) is 1. The molecular weight excluding hydrogens is 240 g/mol. The third kappa shape index (κ3) is 7.14. The van der Waals surface area contributed by atoms with Gasteiger partial charge in [0.1, 0.15) is 0 Å². The van der Waals surface area contributed by atoms with Gasteiger partial charge in [0.25, 0.3) is 0 Å². The Morgan fingerprint density at radius 2 is 2.06 bits per heavy atom. The Hall–Kier alpha value is -0.380. The SMILES string of the molecule is CC(C)CNCC(C)CN(C)CCc1cccs1. The molecule has 18 heavy (non-hydrogen) atoms. The fourth-order valence-corrected chi connectivity index (χ4v) is 2.76. The Morgan fingerprint density at radius 1 is 1.28 bits per heavy atom. The van der Waals surface area contributed by atoms with Crippen LogP contribution < -0.4 is 5.32 Å². The summed E-state index contributed by atoms with van der Waals surface area (Å²) in [6.45, 7) is 11.4. The molecule has 0 aromatic carbocycles. The molecule has 1 unspecified atom stereocenters. The predicted octanol–water partition coefficient (Wildman–Crippen LogP) is 3.10. The third-order valence-electron chi connectivity index (χ3n) is 2.99. The molecule has 2 nitrogen and oxygen atoms in total. The van der Waals surface area contributed by atoms with Crippen LogP contribution in [0, 0.1) is 11.8 Å². The average Bonchev–Trinajstić information content (AvgIpc) is 2.78. The molecule has 1 atom stereocenters. The Labute approximate surface area is 116 Å². The van der Waals surface area contributed by atoms with Gasteiger partial charge in [0.15, 0.2) is 0 Å². The Kier molecular flexibility index (Phi) is 7.56. The quantitative estimate of drug-likeness (QED) is 0.740. The summed E-state index contributed by atoms with van der Waals surface area (Å²) in [6, 6.07) is 4.37. The van der Waals surface area contributed by atoms with Crippen molar-refractivity contribution in [3.63, 3.8) is 0 Å². The minimum atomic E-state index is 0.720. The summed E-state index contributed by atoms with van der Waals surface area (Å²) >= 11 is 1.86. The van der Waals surface area contributed by atoms with Crippen LogP contribution in [-0.4, -0.2) is 38.1 Å². The van der Waals surface area contributed by atoms with Crippen LogP contribution in [-0.2, 0) is 6.42 Å². The first-order valence-electron chi connectivity index (χ1n) is 6.99. The van der Waals surface area contributed by atoms with Crippen molar-refractivity contribution in [3.05, 3.63) is 22.4 Å². The molecule has 1 N–H and O–H groups in total. The van der Waals surface area contributed by atoms with Crippen LogP contribution in [0.4, 0.5) is 0 Å². The van der Waals surface area contributed by atoms with Gasteiger partial charge < -0.3 is 10.2 Å². The molecule has 0 bridgehead atoms. The highest BCUT2D eigenvalue weighted by Crippen LogP contribution is 2.09. The van der Waals surface area contributed by atoms with E-state index in [-0.39, 0.29) is 0 Å². The molecule has 0 aliphatic carbocycles. The van der Waals surface area contributed by atoms with Crippen molar-refractivity contribution < 1.29 is 0 Å². The average molecular weight is 268 g/mol. The van der Waals surface area contributed by atoms with E-state index in [0.717, 1.165) is 31.5 Å². The van der Waals surface area contributed by atoms with E-state index >= 15 is 0 Å². The van der Waals surface area contributed by atoms with Crippen LogP contribution in [0.25, 0.3) is 0 Å². The maximum atomic E-state index is 3.54. The van der Waals surface area contributed by atoms with Crippen molar-refractivity contribution in [1.29, 1.82) is 0 Å². The molecule has 0 amide bonds. The topological polar surface area (TPSA) is 15.3 Å². The highest BCUT2D eigenvalue weighted by atomic mass is 32.1. The Bertz CT molecular complexity index is 295. The summed E-state index contributed by atoms with van der Waals surface area (Å²) in [7, 11) is 2.23. The van der Waals surface area contributed by atoms with E-state index in [2.05, 4.69) is 55.5 Å². The van der Waals surface area contributed by atoms with Crippen LogP contribution in [0.15, 0.2) is 17.5 Å². The zero-order valence-electron chi connectivity index (χ0n) is 12.3. The monoisotopic (exact) mass is 268 g/mol. The molecule has 0 radical (unpaired) electrons. The first-order valence-corrected chi connectivity index (χ1v) is 7.87. The zero-order chi connectivity index (χ0) is 13.4. The zero-order valence-corrected chi connectivity index (χ0v) is 13.1. The van der Waals surface area contributed by atoms with Gasteiger partial charge >= 0.3 is 0 Å². The van der Waals surface area contributed by atoms with Crippen molar-refractivity contribution in [1.82, 2.24) is 10.2 Å². The molecule has 0 aliphatic heterocycles. The van der Waals surface area contributed by atoms with E-state index in [1.807, 2.05) is 11.3 Å². The molecule has 1 rings (SSSR count). The van der Waals surface area contributed by atoms with Crippen molar-refractivity contribution in [2.45, 2.75) is 27.2 Å². The minimum absolute atomic E-state index is 0.720. The normalized spacial score (nSPS) is 13.4. The number of rotatable bonds is 9. The smallest absolute Gasteiger partial charge is 0.00579 e. The Morgan fingerprint density at radius 3 is 2.67 bits per heavy atom. The predicted molar refractivity (Wildman–Crippen MR) is 82.4 cm³/mol. The Balaban J connectivity index is 2.09. The third-order valence-corrected chi connectivity index (χ3v) is 3.92. The van der Waals surface area contributed by atoms with Gasteiger partial charge in [0.05, 0.1) is 0 Å². The lowest BCUT2D eigenvalue weighted by atomic mass is 10.1. The molecule has 1 aromatic heterocycles. The molecule has 104 valence electrons. The highest BCUT2D eigenvalue weighted by Gasteiger charge is 2.07. The van der Waals surface area contributed by atoms with Crippen LogP contribution in [0.1, 0.15) is 25.6 Å². The van der Waals surface area contributed by atoms with E-state index in [4.69, 9.17) is 0 Å². The number of hydrogen-bond acceptors (Lipinski definition) is 3. The first-order chi connectivity index (χ1) is 8.58. The van der Waals surface area contributed by atoms with E-state index in [9.17, 15) is 0 Å². The van der Waals surface area contributed by atoms with E-state index < -0.39 is 0 Å². The standard InChI is InChI=1S/C15H28N2S/c1-13(2)10-16-11-14(3)12-17(4)8-7-15-6-5-9-18-15/h5-6,9,13-14,16H,7-8,10-12H2,1-4H3. The molecule has 1 heterocycles. The first kappa shape index (κ1) is 15.7.